The van der Waals surface area contributed by atoms with E-state index in [2.05, 4.69) is 0 Å². The van der Waals surface area contributed by atoms with E-state index in [1.807, 2.05) is 6.07 Å². The highest BCUT2D eigenvalue weighted by Crippen LogP contribution is 2.37. The number of ether oxygens (including phenoxy) is 2. The van der Waals surface area contributed by atoms with E-state index in [4.69, 9.17) is 9.47 Å². The van der Waals surface area contributed by atoms with Crippen molar-refractivity contribution in [3.05, 3.63) is 47.0 Å². The first kappa shape index (κ1) is 21.0. The molecule has 0 saturated carbocycles. The average molecular weight is 400 g/mol. The van der Waals surface area contributed by atoms with Crippen LogP contribution in [0.3, 0.4) is 0 Å². The van der Waals surface area contributed by atoms with Gasteiger partial charge in [-0.1, -0.05) is 12.1 Å². The maximum absolute atomic E-state index is 12.2. The van der Waals surface area contributed by atoms with Gasteiger partial charge in [-0.3, -0.25) is 4.79 Å². The van der Waals surface area contributed by atoms with E-state index in [0.717, 1.165) is 29.5 Å². The minimum absolute atomic E-state index is 0.000565. The molecule has 6 heteroatoms. The number of aromatic hydroxyl groups is 2. The summed E-state index contributed by atoms with van der Waals surface area (Å²) in [6.45, 7) is 0.605. The summed E-state index contributed by atoms with van der Waals surface area (Å²) in [4.78, 5) is 12.2. The summed E-state index contributed by atoms with van der Waals surface area (Å²) in [5, 5.41) is 29.9. The molecule has 3 N–H and O–H groups in total. The summed E-state index contributed by atoms with van der Waals surface area (Å²) in [5.74, 6) is 1.17. The van der Waals surface area contributed by atoms with Gasteiger partial charge in [-0.05, 0) is 61.4 Å². The van der Waals surface area contributed by atoms with Crippen LogP contribution in [0.4, 0.5) is 0 Å². The Balaban J connectivity index is 1.48. The van der Waals surface area contributed by atoms with Crippen molar-refractivity contribution in [3.8, 4) is 23.0 Å². The van der Waals surface area contributed by atoms with Crippen molar-refractivity contribution in [3.63, 3.8) is 0 Å². The zero-order valence-corrected chi connectivity index (χ0v) is 16.7. The molecular formula is C23H28O6. The van der Waals surface area contributed by atoms with E-state index in [0.29, 0.717) is 43.8 Å². The average Bonchev–Trinajstić information content (AvgIpc) is 2.73. The van der Waals surface area contributed by atoms with Crippen molar-refractivity contribution in [1.29, 1.82) is 0 Å². The fraction of sp³-hybridized carbons (Fsp3) is 0.435. The van der Waals surface area contributed by atoms with Crippen molar-refractivity contribution in [2.45, 2.75) is 51.0 Å². The molecule has 2 aromatic carbocycles. The number of benzene rings is 2. The standard InChI is InChI=1S/C23H28O6/c1-28-22-13-15(5-10-20(22)26)4-8-17(24)14-18(25)9-6-16-7-11-21(27)23-19(16)3-2-12-29-23/h5,7,10-11,13,18,25-27H,2-4,6,8-9,12,14H2,1H3/t18-/m1/s1. The second-order valence-electron chi connectivity index (χ2n) is 7.45. The zero-order valence-electron chi connectivity index (χ0n) is 16.7. The highest BCUT2D eigenvalue weighted by molar-refractivity contribution is 5.79. The number of phenols is 2. The number of hydrogen-bond acceptors (Lipinski definition) is 6. The minimum atomic E-state index is -0.703. The predicted molar refractivity (Wildman–Crippen MR) is 109 cm³/mol. The van der Waals surface area contributed by atoms with Gasteiger partial charge in [-0.25, -0.2) is 0 Å². The molecule has 0 spiro atoms. The van der Waals surface area contributed by atoms with E-state index in [1.165, 1.54) is 7.11 Å². The van der Waals surface area contributed by atoms with Crippen molar-refractivity contribution in [1.82, 2.24) is 0 Å². The lowest BCUT2D eigenvalue weighted by atomic mass is 9.94. The monoisotopic (exact) mass is 400 g/mol. The molecule has 1 aliphatic heterocycles. The van der Waals surface area contributed by atoms with Crippen LogP contribution in [0.2, 0.25) is 0 Å². The van der Waals surface area contributed by atoms with Gasteiger partial charge in [-0.15, -0.1) is 0 Å². The number of aliphatic hydroxyl groups is 1. The lowest BCUT2D eigenvalue weighted by Crippen LogP contribution is -2.16. The first-order chi connectivity index (χ1) is 14.0. The summed E-state index contributed by atoms with van der Waals surface area (Å²) in [6.07, 6.45) is 3.15. The lowest BCUT2D eigenvalue weighted by molar-refractivity contribution is -0.121. The number of Topliss-reactive ketones (excluding diaryl/α,β-unsaturated/α-hetero) is 1. The number of methoxy groups -OCH3 is 1. The van der Waals surface area contributed by atoms with Crippen LogP contribution in [0.1, 0.15) is 42.4 Å². The van der Waals surface area contributed by atoms with Gasteiger partial charge in [0.1, 0.15) is 5.78 Å². The molecule has 6 nitrogen and oxygen atoms in total. The largest absolute Gasteiger partial charge is 0.504 e. The topological polar surface area (TPSA) is 96.2 Å². The molecule has 2 aromatic rings. The quantitative estimate of drug-likeness (QED) is 0.598. The number of aliphatic hydroxyl groups excluding tert-OH is 1. The van der Waals surface area contributed by atoms with E-state index >= 15 is 0 Å². The SMILES string of the molecule is COc1cc(CCC(=O)C[C@H](O)CCc2ccc(O)c3c2CCCO3)ccc1O. The van der Waals surface area contributed by atoms with E-state index in [9.17, 15) is 20.1 Å². The third kappa shape index (κ3) is 5.41. The van der Waals surface area contributed by atoms with Gasteiger partial charge in [0, 0.05) is 18.4 Å². The molecule has 0 bridgehead atoms. The Morgan fingerprint density at radius 2 is 1.97 bits per heavy atom. The fourth-order valence-corrected chi connectivity index (χ4v) is 3.70. The van der Waals surface area contributed by atoms with Crippen molar-refractivity contribution >= 4 is 5.78 Å². The number of phenolic OH excluding ortho intramolecular Hbond substituents is 2. The second-order valence-corrected chi connectivity index (χ2v) is 7.45. The maximum atomic E-state index is 12.2. The van der Waals surface area contributed by atoms with Gasteiger partial charge >= 0.3 is 0 Å². The Morgan fingerprint density at radius 3 is 2.76 bits per heavy atom. The van der Waals surface area contributed by atoms with Gasteiger partial charge < -0.3 is 24.8 Å². The molecule has 29 heavy (non-hydrogen) atoms. The lowest BCUT2D eigenvalue weighted by Gasteiger charge is -2.21. The molecule has 0 aromatic heterocycles. The van der Waals surface area contributed by atoms with Crippen LogP contribution in [0, 0.1) is 0 Å². The van der Waals surface area contributed by atoms with E-state index < -0.39 is 6.10 Å². The van der Waals surface area contributed by atoms with Crippen LogP contribution in [-0.4, -0.2) is 40.9 Å². The Hall–Kier alpha value is -2.73. The van der Waals surface area contributed by atoms with Gasteiger partial charge in [0.2, 0.25) is 0 Å². The third-order valence-electron chi connectivity index (χ3n) is 5.30. The van der Waals surface area contributed by atoms with Gasteiger partial charge in [0.05, 0.1) is 19.8 Å². The van der Waals surface area contributed by atoms with Crippen LogP contribution in [0.15, 0.2) is 30.3 Å². The van der Waals surface area contributed by atoms with Crippen LogP contribution >= 0.6 is 0 Å². The van der Waals surface area contributed by atoms with Gasteiger partial charge in [0.15, 0.2) is 23.0 Å². The number of ketones is 1. The highest BCUT2D eigenvalue weighted by atomic mass is 16.5. The van der Waals surface area contributed by atoms with Crippen molar-refractivity contribution < 1.29 is 29.6 Å². The third-order valence-corrected chi connectivity index (χ3v) is 5.30. The molecule has 1 heterocycles. The van der Waals surface area contributed by atoms with E-state index in [-0.39, 0.29) is 23.7 Å². The van der Waals surface area contributed by atoms with Crippen LogP contribution in [-0.2, 0) is 24.1 Å². The van der Waals surface area contributed by atoms with Crippen LogP contribution in [0.25, 0.3) is 0 Å². The molecule has 0 saturated heterocycles. The van der Waals surface area contributed by atoms with Gasteiger partial charge in [0.25, 0.3) is 0 Å². The van der Waals surface area contributed by atoms with Crippen molar-refractivity contribution in [2.24, 2.45) is 0 Å². The first-order valence-corrected chi connectivity index (χ1v) is 10.00. The summed E-state index contributed by atoms with van der Waals surface area (Å²) >= 11 is 0. The normalized spacial score (nSPS) is 14.0. The number of aryl methyl sites for hydroxylation is 2. The first-order valence-electron chi connectivity index (χ1n) is 10.00. The number of carbonyl (C=O) groups excluding carboxylic acids is 1. The number of carbonyl (C=O) groups is 1. The molecular weight excluding hydrogens is 372 g/mol. The summed E-state index contributed by atoms with van der Waals surface area (Å²) in [6, 6.07) is 8.53. The Labute approximate surface area is 170 Å². The second kappa shape index (κ2) is 9.65. The smallest absolute Gasteiger partial charge is 0.164 e. The fourth-order valence-electron chi connectivity index (χ4n) is 3.70. The number of rotatable bonds is 9. The minimum Gasteiger partial charge on any atom is -0.504 e. The zero-order chi connectivity index (χ0) is 20.8. The Kier molecular flexibility index (Phi) is 6.99. The molecule has 3 rings (SSSR count). The van der Waals surface area contributed by atoms with E-state index in [1.54, 1.807) is 24.3 Å². The predicted octanol–water partition coefficient (Wildman–Crippen LogP) is 3.32. The molecule has 0 fully saturated rings. The van der Waals surface area contributed by atoms with Crippen molar-refractivity contribution in [2.75, 3.05) is 13.7 Å². The Bertz CT molecular complexity index is 861. The molecule has 0 unspecified atom stereocenters. The summed E-state index contributed by atoms with van der Waals surface area (Å²) in [7, 11) is 1.48. The maximum Gasteiger partial charge on any atom is 0.164 e. The summed E-state index contributed by atoms with van der Waals surface area (Å²) in [5.41, 5.74) is 2.97. The molecule has 156 valence electrons. The number of hydrogen-bond donors (Lipinski definition) is 3. The summed E-state index contributed by atoms with van der Waals surface area (Å²) < 4.78 is 10.7. The molecule has 0 radical (unpaired) electrons. The Morgan fingerprint density at radius 1 is 1.17 bits per heavy atom. The number of fused-ring (bicyclic) bond motifs is 1. The molecule has 0 amide bonds. The molecule has 0 aliphatic carbocycles. The molecule has 1 aliphatic rings. The van der Waals surface area contributed by atoms with Crippen LogP contribution < -0.4 is 9.47 Å². The highest BCUT2D eigenvalue weighted by Gasteiger charge is 2.19. The van der Waals surface area contributed by atoms with Crippen LogP contribution in [0.5, 0.6) is 23.0 Å². The molecule has 1 atom stereocenters. The van der Waals surface area contributed by atoms with Gasteiger partial charge in [-0.2, -0.15) is 0 Å².